The van der Waals surface area contributed by atoms with E-state index < -0.39 is 24.4 Å². The summed E-state index contributed by atoms with van der Waals surface area (Å²) in [5.41, 5.74) is 0. The maximum atomic E-state index is 12.1. The molecule has 4 N–H and O–H groups in total. The van der Waals surface area contributed by atoms with Gasteiger partial charge >= 0.3 is 11.9 Å². The molecule has 0 saturated heterocycles. The summed E-state index contributed by atoms with van der Waals surface area (Å²) in [6.07, 6.45) is 33.4. The minimum Gasteiger partial charge on any atom is -0.463 e. The first kappa shape index (κ1) is 48.5. The Hall–Kier alpha value is -1.48. The monoisotopic (exact) mass is 739 g/mol. The molecule has 1 rings (SSSR count). The van der Waals surface area contributed by atoms with Crippen molar-refractivity contribution in [1.82, 2.24) is 0 Å². The van der Waals surface area contributed by atoms with Gasteiger partial charge in [-0.2, -0.15) is 0 Å². The fourth-order valence-corrected chi connectivity index (χ4v) is 7.48. The highest BCUT2D eigenvalue weighted by Crippen LogP contribution is 2.37. The van der Waals surface area contributed by atoms with Crippen LogP contribution in [0.4, 0.5) is 0 Å². The topological polar surface area (TPSA) is 134 Å². The predicted octanol–water partition coefficient (Wildman–Crippen LogP) is 10.1. The van der Waals surface area contributed by atoms with Crippen LogP contribution in [0.1, 0.15) is 206 Å². The molecule has 8 nitrogen and oxygen atoms in total. The van der Waals surface area contributed by atoms with Gasteiger partial charge in [0.25, 0.3) is 0 Å². The molecule has 1 aliphatic rings. The van der Waals surface area contributed by atoms with Crippen LogP contribution in [-0.4, -0.2) is 70.0 Å². The normalized spacial score (nSPS) is 20.0. The van der Waals surface area contributed by atoms with Gasteiger partial charge in [0.05, 0.1) is 18.3 Å². The third kappa shape index (κ3) is 27.2. The number of carbonyl (C=O) groups excluding carboxylic acids is 2. The molecule has 0 bridgehead atoms. The van der Waals surface area contributed by atoms with Gasteiger partial charge in [-0.3, -0.25) is 9.59 Å². The van der Waals surface area contributed by atoms with Crippen LogP contribution in [-0.2, 0) is 19.1 Å². The first-order valence-corrected chi connectivity index (χ1v) is 22.0. The summed E-state index contributed by atoms with van der Waals surface area (Å²) in [5, 5.41) is 41.2. The number of aliphatic hydroxyl groups is 4. The van der Waals surface area contributed by atoms with Crippen molar-refractivity contribution in [3.63, 3.8) is 0 Å². The standard InChI is InChI=1S/C44H82O8/c1-3-5-7-8-9-10-11-12-13-14-15-16-17-18-19-20-21-26-30-43(49)51-35-38(46)36-52-44(50)31-27-23-22-25-29-39-40(42(48)34-41(39)47)33-32-37(45)28-24-6-4-2/h32-33,37-42,45-48H,3-31,34-36H2,1-2H3/b33-32+/t37-,38+,39+,40+,41-,42+/m0/s1. The van der Waals surface area contributed by atoms with Gasteiger partial charge in [0, 0.05) is 25.2 Å². The molecule has 0 aliphatic heterocycles. The summed E-state index contributed by atoms with van der Waals surface area (Å²) in [5.74, 6) is -0.867. The number of rotatable bonds is 36. The van der Waals surface area contributed by atoms with Crippen LogP contribution in [0.5, 0.6) is 0 Å². The number of hydrogen-bond donors (Lipinski definition) is 4. The number of aliphatic hydroxyl groups excluding tert-OH is 4. The summed E-state index contributed by atoms with van der Waals surface area (Å²) < 4.78 is 10.3. The molecule has 1 aliphatic carbocycles. The maximum absolute atomic E-state index is 12.1. The average molecular weight is 739 g/mol. The van der Waals surface area contributed by atoms with E-state index in [0.717, 1.165) is 70.6 Å². The number of hydrogen-bond acceptors (Lipinski definition) is 8. The Balaban J connectivity index is 1.96. The predicted molar refractivity (Wildman–Crippen MR) is 212 cm³/mol. The first-order valence-electron chi connectivity index (χ1n) is 22.0. The molecule has 1 saturated carbocycles. The Morgan fingerprint density at radius 3 is 1.44 bits per heavy atom. The van der Waals surface area contributed by atoms with E-state index in [1.807, 2.05) is 6.08 Å². The molecule has 0 spiro atoms. The van der Waals surface area contributed by atoms with Crippen molar-refractivity contribution in [2.75, 3.05) is 13.2 Å². The average Bonchev–Trinajstić information content (AvgIpc) is 3.40. The SMILES string of the molecule is CCCCCCCCCCCCCCCCCCCCC(=O)OC[C@@H](O)COC(=O)CCCCCC[C@@H]1[C@@H](/C=C/[C@@H](O)CCCCC)[C@H](O)C[C@@H]1O. The Morgan fingerprint density at radius 1 is 0.577 bits per heavy atom. The number of ether oxygens (including phenoxy) is 2. The molecule has 1 fully saturated rings. The quantitative estimate of drug-likeness (QED) is 0.0284. The van der Waals surface area contributed by atoms with Gasteiger partial charge in [-0.25, -0.2) is 0 Å². The molecular weight excluding hydrogens is 656 g/mol. The van der Waals surface area contributed by atoms with Crippen molar-refractivity contribution >= 4 is 11.9 Å². The van der Waals surface area contributed by atoms with E-state index in [2.05, 4.69) is 13.8 Å². The molecule has 0 unspecified atom stereocenters. The van der Waals surface area contributed by atoms with Crippen LogP contribution in [0.15, 0.2) is 12.2 Å². The lowest BCUT2D eigenvalue weighted by Crippen LogP contribution is -2.25. The van der Waals surface area contributed by atoms with Gasteiger partial charge in [-0.1, -0.05) is 174 Å². The Kier molecular flexibility index (Phi) is 31.8. The Bertz CT molecular complexity index is 863. The zero-order valence-electron chi connectivity index (χ0n) is 33.7. The number of esters is 2. The minimum absolute atomic E-state index is 0.0293. The van der Waals surface area contributed by atoms with Crippen molar-refractivity contribution in [3.05, 3.63) is 12.2 Å². The highest BCUT2D eigenvalue weighted by atomic mass is 16.6. The van der Waals surface area contributed by atoms with Crippen molar-refractivity contribution in [3.8, 4) is 0 Å². The fraction of sp³-hybridized carbons (Fsp3) is 0.909. The zero-order chi connectivity index (χ0) is 38.1. The van der Waals surface area contributed by atoms with E-state index >= 15 is 0 Å². The zero-order valence-corrected chi connectivity index (χ0v) is 33.7. The minimum atomic E-state index is -1.03. The lowest BCUT2D eigenvalue weighted by Gasteiger charge is -2.21. The van der Waals surface area contributed by atoms with Gasteiger partial charge in [0.15, 0.2) is 0 Å². The highest BCUT2D eigenvalue weighted by Gasteiger charge is 2.39. The second-order valence-electron chi connectivity index (χ2n) is 15.8. The molecule has 0 amide bonds. The molecular formula is C44H82O8. The van der Waals surface area contributed by atoms with Gasteiger partial charge in [0.1, 0.15) is 19.3 Å². The van der Waals surface area contributed by atoms with Gasteiger partial charge in [-0.15, -0.1) is 0 Å². The molecule has 8 heteroatoms. The molecule has 0 aromatic heterocycles. The molecule has 306 valence electrons. The smallest absolute Gasteiger partial charge is 0.305 e. The van der Waals surface area contributed by atoms with Crippen molar-refractivity contribution in [2.45, 2.75) is 231 Å². The fourth-order valence-electron chi connectivity index (χ4n) is 7.48. The van der Waals surface area contributed by atoms with E-state index in [9.17, 15) is 30.0 Å². The van der Waals surface area contributed by atoms with E-state index in [0.29, 0.717) is 19.3 Å². The van der Waals surface area contributed by atoms with E-state index in [1.165, 1.54) is 96.3 Å². The second kappa shape index (κ2) is 34.0. The van der Waals surface area contributed by atoms with Crippen LogP contribution < -0.4 is 0 Å². The number of carbonyl (C=O) groups is 2. The third-order valence-electron chi connectivity index (χ3n) is 10.9. The van der Waals surface area contributed by atoms with Gasteiger partial charge < -0.3 is 29.9 Å². The van der Waals surface area contributed by atoms with Crippen LogP contribution in [0.3, 0.4) is 0 Å². The van der Waals surface area contributed by atoms with E-state index in [4.69, 9.17) is 9.47 Å². The van der Waals surface area contributed by atoms with Crippen molar-refractivity contribution in [2.24, 2.45) is 11.8 Å². The van der Waals surface area contributed by atoms with E-state index in [1.54, 1.807) is 6.08 Å². The maximum Gasteiger partial charge on any atom is 0.305 e. The van der Waals surface area contributed by atoms with Crippen LogP contribution in [0.2, 0.25) is 0 Å². The van der Waals surface area contributed by atoms with Crippen LogP contribution >= 0.6 is 0 Å². The van der Waals surface area contributed by atoms with Crippen LogP contribution in [0, 0.1) is 11.8 Å². The molecule has 0 heterocycles. The molecule has 0 radical (unpaired) electrons. The van der Waals surface area contributed by atoms with Crippen LogP contribution in [0.25, 0.3) is 0 Å². The van der Waals surface area contributed by atoms with Crippen molar-refractivity contribution < 1.29 is 39.5 Å². The first-order chi connectivity index (χ1) is 25.3. The molecule has 6 atom stereocenters. The van der Waals surface area contributed by atoms with E-state index in [-0.39, 0.29) is 43.4 Å². The largest absolute Gasteiger partial charge is 0.463 e. The third-order valence-corrected chi connectivity index (χ3v) is 10.9. The second-order valence-corrected chi connectivity index (χ2v) is 15.8. The van der Waals surface area contributed by atoms with Gasteiger partial charge in [-0.05, 0) is 31.6 Å². The summed E-state index contributed by atoms with van der Waals surface area (Å²) in [6, 6.07) is 0. The summed E-state index contributed by atoms with van der Waals surface area (Å²) in [7, 11) is 0. The summed E-state index contributed by atoms with van der Waals surface area (Å²) in [4.78, 5) is 24.2. The Labute approximate surface area is 318 Å². The molecule has 0 aromatic carbocycles. The van der Waals surface area contributed by atoms with Crippen molar-refractivity contribution in [1.29, 1.82) is 0 Å². The number of unbranched alkanes of at least 4 members (excludes halogenated alkanes) is 22. The highest BCUT2D eigenvalue weighted by molar-refractivity contribution is 5.69. The van der Waals surface area contributed by atoms with Gasteiger partial charge in [0.2, 0.25) is 0 Å². The Morgan fingerprint density at radius 2 is 0.981 bits per heavy atom. The lowest BCUT2D eigenvalue weighted by atomic mass is 9.88. The summed E-state index contributed by atoms with van der Waals surface area (Å²) >= 11 is 0. The lowest BCUT2D eigenvalue weighted by molar-refractivity contribution is -0.152. The molecule has 0 aromatic rings. The molecule has 52 heavy (non-hydrogen) atoms. The summed E-state index contributed by atoms with van der Waals surface area (Å²) in [6.45, 7) is 4.05.